The summed E-state index contributed by atoms with van der Waals surface area (Å²) >= 11 is 0. The summed E-state index contributed by atoms with van der Waals surface area (Å²) in [5.74, 6) is -0.112. The molecule has 1 heterocycles. The van der Waals surface area contributed by atoms with E-state index >= 15 is 0 Å². The number of carbonyl (C=O) groups excluding carboxylic acids is 1. The highest BCUT2D eigenvalue weighted by molar-refractivity contribution is 5.94. The zero-order valence-corrected chi connectivity index (χ0v) is 10.8. The second-order valence-electron chi connectivity index (χ2n) is 4.95. The van der Waals surface area contributed by atoms with E-state index in [0.717, 1.165) is 24.2 Å². The van der Waals surface area contributed by atoms with Crippen molar-refractivity contribution < 1.29 is 19.1 Å². The lowest BCUT2D eigenvalue weighted by Crippen LogP contribution is -2.12. The Balaban J connectivity index is 1.71. The number of fused-ring (bicyclic) bond motifs is 1. The van der Waals surface area contributed by atoms with Crippen LogP contribution in [0.25, 0.3) is 11.1 Å². The highest BCUT2D eigenvalue weighted by Gasteiger charge is 2.28. The fourth-order valence-corrected chi connectivity index (χ4v) is 1.97. The molecule has 2 aromatic rings. The molecule has 1 fully saturated rings. The van der Waals surface area contributed by atoms with Crippen LogP contribution in [0.5, 0.6) is 0 Å². The number of nitrogens with zero attached hydrogens (tertiary/aromatic N) is 1. The number of benzene rings is 1. The molecular formula is C14H14N2O4. The molecule has 3 rings (SSSR count). The van der Waals surface area contributed by atoms with Crippen LogP contribution in [0.3, 0.4) is 0 Å². The molecule has 0 saturated heterocycles. The van der Waals surface area contributed by atoms with Gasteiger partial charge in [-0.1, -0.05) is 0 Å². The molecule has 6 heteroatoms. The van der Waals surface area contributed by atoms with Gasteiger partial charge in [-0.05, 0) is 25.0 Å². The summed E-state index contributed by atoms with van der Waals surface area (Å²) in [4.78, 5) is 26.4. The van der Waals surface area contributed by atoms with Crippen molar-refractivity contribution in [3.63, 3.8) is 0 Å². The van der Waals surface area contributed by atoms with Crippen LogP contribution in [-0.2, 0) is 9.59 Å². The van der Waals surface area contributed by atoms with Crippen LogP contribution in [0.15, 0.2) is 22.6 Å². The largest absolute Gasteiger partial charge is 0.481 e. The normalized spacial score (nSPS) is 14.4. The molecule has 1 aromatic heterocycles. The summed E-state index contributed by atoms with van der Waals surface area (Å²) in [6, 6.07) is 5.24. The Morgan fingerprint density at radius 3 is 2.85 bits per heavy atom. The van der Waals surface area contributed by atoms with Gasteiger partial charge < -0.3 is 14.8 Å². The van der Waals surface area contributed by atoms with Crippen molar-refractivity contribution in [3.05, 3.63) is 24.1 Å². The number of anilines is 1. The van der Waals surface area contributed by atoms with Gasteiger partial charge in [0.2, 0.25) is 5.91 Å². The van der Waals surface area contributed by atoms with Crippen LogP contribution in [0.4, 0.5) is 5.69 Å². The minimum atomic E-state index is -0.986. The molecule has 0 aliphatic heterocycles. The predicted molar refractivity (Wildman–Crippen MR) is 71.5 cm³/mol. The Morgan fingerprint density at radius 1 is 1.35 bits per heavy atom. The van der Waals surface area contributed by atoms with Crippen molar-refractivity contribution in [1.29, 1.82) is 0 Å². The summed E-state index contributed by atoms with van der Waals surface area (Å²) in [6.45, 7) is 0. The minimum absolute atomic E-state index is 0.0445. The second-order valence-corrected chi connectivity index (χ2v) is 4.95. The molecule has 0 bridgehead atoms. The topological polar surface area (TPSA) is 92.4 Å². The summed E-state index contributed by atoms with van der Waals surface area (Å²) in [5.41, 5.74) is 2.00. The van der Waals surface area contributed by atoms with E-state index in [0.29, 0.717) is 17.2 Å². The van der Waals surface area contributed by atoms with E-state index in [1.54, 1.807) is 18.2 Å². The molecule has 0 radical (unpaired) electrons. The van der Waals surface area contributed by atoms with E-state index in [-0.39, 0.29) is 18.7 Å². The predicted octanol–water partition coefficient (Wildman–Crippen LogP) is 2.51. The molecule has 0 atom stereocenters. The molecule has 1 saturated carbocycles. The highest BCUT2D eigenvalue weighted by atomic mass is 16.4. The van der Waals surface area contributed by atoms with Gasteiger partial charge in [0.25, 0.3) is 0 Å². The van der Waals surface area contributed by atoms with Crippen LogP contribution < -0.4 is 5.32 Å². The molecule has 0 spiro atoms. The van der Waals surface area contributed by atoms with Gasteiger partial charge in [0.15, 0.2) is 11.5 Å². The maximum absolute atomic E-state index is 11.6. The van der Waals surface area contributed by atoms with Crippen molar-refractivity contribution in [3.8, 4) is 0 Å². The fourth-order valence-electron chi connectivity index (χ4n) is 1.97. The Labute approximate surface area is 114 Å². The van der Waals surface area contributed by atoms with Crippen LogP contribution in [0.2, 0.25) is 0 Å². The molecule has 20 heavy (non-hydrogen) atoms. The van der Waals surface area contributed by atoms with Crippen LogP contribution in [-0.4, -0.2) is 22.0 Å². The van der Waals surface area contributed by atoms with Gasteiger partial charge >= 0.3 is 5.97 Å². The number of rotatable bonds is 5. The zero-order valence-electron chi connectivity index (χ0n) is 10.8. The molecule has 104 valence electrons. The summed E-state index contributed by atoms with van der Waals surface area (Å²) < 4.78 is 5.66. The van der Waals surface area contributed by atoms with E-state index in [1.807, 2.05) is 0 Å². The molecule has 1 aliphatic carbocycles. The molecule has 1 aliphatic rings. The van der Waals surface area contributed by atoms with E-state index in [2.05, 4.69) is 10.3 Å². The number of aliphatic carboxylic acids is 1. The van der Waals surface area contributed by atoms with Gasteiger partial charge in [0, 0.05) is 24.1 Å². The van der Waals surface area contributed by atoms with Crippen molar-refractivity contribution in [2.45, 2.75) is 31.6 Å². The van der Waals surface area contributed by atoms with E-state index in [9.17, 15) is 9.59 Å². The van der Waals surface area contributed by atoms with E-state index < -0.39 is 5.97 Å². The van der Waals surface area contributed by atoms with Gasteiger partial charge in [0.1, 0.15) is 5.52 Å². The number of amides is 1. The van der Waals surface area contributed by atoms with Crippen LogP contribution in [0.1, 0.15) is 37.5 Å². The second kappa shape index (κ2) is 4.96. The van der Waals surface area contributed by atoms with Gasteiger partial charge in [-0.2, -0.15) is 0 Å². The van der Waals surface area contributed by atoms with Crippen LogP contribution >= 0.6 is 0 Å². The van der Waals surface area contributed by atoms with Crippen molar-refractivity contribution in [2.24, 2.45) is 0 Å². The Kier molecular flexibility index (Phi) is 3.14. The smallest absolute Gasteiger partial charge is 0.303 e. The molecule has 6 nitrogen and oxygen atoms in total. The van der Waals surface area contributed by atoms with Crippen molar-refractivity contribution >= 4 is 28.7 Å². The number of carboxylic acids is 1. The van der Waals surface area contributed by atoms with Gasteiger partial charge in [-0.3, -0.25) is 9.59 Å². The Morgan fingerprint density at radius 2 is 2.15 bits per heavy atom. The number of carbonyl (C=O) groups is 2. The summed E-state index contributed by atoms with van der Waals surface area (Å²) in [5, 5.41) is 11.2. The van der Waals surface area contributed by atoms with Gasteiger partial charge in [-0.15, -0.1) is 0 Å². The molecular weight excluding hydrogens is 260 g/mol. The summed E-state index contributed by atoms with van der Waals surface area (Å²) in [7, 11) is 0. The van der Waals surface area contributed by atoms with Gasteiger partial charge in [0.05, 0.1) is 6.42 Å². The number of oxazole rings is 1. The third-order valence-electron chi connectivity index (χ3n) is 3.18. The molecule has 2 N–H and O–H groups in total. The highest BCUT2D eigenvalue weighted by Crippen LogP contribution is 2.40. The standard InChI is InChI=1S/C14H14N2O4/c17-12(5-6-13(18)19)15-9-3-4-10-11(7-9)20-14(16-10)8-1-2-8/h3-4,7-8H,1-2,5-6H2,(H,15,17)(H,18,19). The third-order valence-corrected chi connectivity index (χ3v) is 3.18. The Hall–Kier alpha value is -2.37. The first-order valence-corrected chi connectivity index (χ1v) is 6.54. The monoisotopic (exact) mass is 274 g/mol. The van der Waals surface area contributed by atoms with Crippen LogP contribution in [0, 0.1) is 0 Å². The fraction of sp³-hybridized carbons (Fsp3) is 0.357. The molecule has 1 amide bonds. The van der Waals surface area contributed by atoms with Gasteiger partial charge in [-0.25, -0.2) is 4.98 Å². The average Bonchev–Trinajstić information content (AvgIpc) is 3.16. The first kappa shape index (κ1) is 12.7. The zero-order chi connectivity index (χ0) is 14.1. The lowest BCUT2D eigenvalue weighted by Gasteiger charge is -2.03. The van der Waals surface area contributed by atoms with Crippen molar-refractivity contribution in [1.82, 2.24) is 4.98 Å². The van der Waals surface area contributed by atoms with E-state index in [4.69, 9.17) is 9.52 Å². The SMILES string of the molecule is O=C(O)CCC(=O)Nc1ccc2nc(C3CC3)oc2c1. The average molecular weight is 274 g/mol. The number of aromatic nitrogens is 1. The van der Waals surface area contributed by atoms with E-state index in [1.165, 1.54) is 0 Å². The van der Waals surface area contributed by atoms with Crippen molar-refractivity contribution in [2.75, 3.05) is 5.32 Å². The summed E-state index contributed by atoms with van der Waals surface area (Å²) in [6.07, 6.45) is 2.01. The molecule has 1 aromatic carbocycles. The first-order valence-electron chi connectivity index (χ1n) is 6.54. The number of carboxylic acid groups (broad SMARTS) is 1. The number of hydrogen-bond acceptors (Lipinski definition) is 4. The lowest BCUT2D eigenvalue weighted by atomic mass is 10.2. The number of nitrogens with one attached hydrogen (secondary N) is 1. The number of hydrogen-bond donors (Lipinski definition) is 2. The third kappa shape index (κ3) is 2.79. The quantitative estimate of drug-likeness (QED) is 0.873. The Bertz CT molecular complexity index is 673. The lowest BCUT2D eigenvalue weighted by molar-refractivity contribution is -0.138. The molecule has 0 unspecified atom stereocenters. The maximum atomic E-state index is 11.6. The minimum Gasteiger partial charge on any atom is -0.481 e. The maximum Gasteiger partial charge on any atom is 0.303 e. The first-order chi connectivity index (χ1) is 9.61.